The smallest absolute Gasteiger partial charge is 0.339 e. The SMILES string of the molecule is Cc1ccc(NC(=O)C(C)OC(=O)c2cccc(O)c2)cc1. The summed E-state index contributed by atoms with van der Waals surface area (Å²) < 4.78 is 5.09. The van der Waals surface area contributed by atoms with E-state index in [0.29, 0.717) is 5.69 Å². The number of esters is 1. The summed E-state index contributed by atoms with van der Waals surface area (Å²) in [5.41, 5.74) is 1.91. The number of hydrogen-bond acceptors (Lipinski definition) is 4. The van der Waals surface area contributed by atoms with Crippen LogP contribution in [0.2, 0.25) is 0 Å². The molecule has 1 amide bonds. The van der Waals surface area contributed by atoms with Crippen LogP contribution in [0.4, 0.5) is 5.69 Å². The lowest BCUT2D eigenvalue weighted by atomic mass is 10.2. The molecule has 0 spiro atoms. The van der Waals surface area contributed by atoms with Crippen molar-refractivity contribution in [2.75, 3.05) is 5.32 Å². The van der Waals surface area contributed by atoms with E-state index in [4.69, 9.17) is 4.74 Å². The van der Waals surface area contributed by atoms with Gasteiger partial charge in [0.05, 0.1) is 5.56 Å². The third-order valence-electron chi connectivity index (χ3n) is 3.05. The summed E-state index contributed by atoms with van der Waals surface area (Å²) >= 11 is 0. The van der Waals surface area contributed by atoms with Crippen molar-refractivity contribution in [2.45, 2.75) is 20.0 Å². The van der Waals surface area contributed by atoms with Crippen molar-refractivity contribution in [3.05, 3.63) is 59.7 Å². The fourth-order valence-corrected chi connectivity index (χ4v) is 1.80. The second kappa shape index (κ2) is 6.76. The van der Waals surface area contributed by atoms with E-state index in [0.717, 1.165) is 5.56 Å². The summed E-state index contributed by atoms with van der Waals surface area (Å²) in [5.74, 6) is -1.12. The highest BCUT2D eigenvalue weighted by Gasteiger charge is 2.19. The van der Waals surface area contributed by atoms with Crippen LogP contribution in [0, 0.1) is 6.92 Å². The Morgan fingerprint density at radius 2 is 1.82 bits per heavy atom. The molecule has 0 saturated carbocycles. The zero-order valence-electron chi connectivity index (χ0n) is 12.4. The Hall–Kier alpha value is -2.82. The fourth-order valence-electron chi connectivity index (χ4n) is 1.80. The standard InChI is InChI=1S/C17H17NO4/c1-11-6-8-14(9-7-11)18-16(20)12(2)22-17(21)13-4-3-5-15(19)10-13/h3-10,12,19H,1-2H3,(H,18,20). The minimum atomic E-state index is -0.948. The van der Waals surface area contributed by atoms with Gasteiger partial charge >= 0.3 is 5.97 Å². The number of benzene rings is 2. The number of amides is 1. The van der Waals surface area contributed by atoms with Gasteiger partial charge in [-0.1, -0.05) is 23.8 Å². The first-order valence-corrected chi connectivity index (χ1v) is 6.83. The minimum Gasteiger partial charge on any atom is -0.508 e. The molecule has 1 atom stereocenters. The van der Waals surface area contributed by atoms with Crippen LogP contribution < -0.4 is 5.32 Å². The van der Waals surface area contributed by atoms with Gasteiger partial charge in [0.25, 0.3) is 5.91 Å². The molecule has 0 aliphatic heterocycles. The Morgan fingerprint density at radius 1 is 1.14 bits per heavy atom. The van der Waals surface area contributed by atoms with Gasteiger partial charge in [-0.2, -0.15) is 0 Å². The van der Waals surface area contributed by atoms with Crippen LogP contribution in [-0.4, -0.2) is 23.1 Å². The number of phenolic OH excluding ortho intramolecular Hbond substituents is 1. The van der Waals surface area contributed by atoms with E-state index >= 15 is 0 Å². The van der Waals surface area contributed by atoms with Gasteiger partial charge in [-0.3, -0.25) is 4.79 Å². The molecule has 22 heavy (non-hydrogen) atoms. The van der Waals surface area contributed by atoms with E-state index in [-0.39, 0.29) is 11.3 Å². The van der Waals surface area contributed by atoms with E-state index in [9.17, 15) is 14.7 Å². The van der Waals surface area contributed by atoms with Gasteiger partial charge < -0.3 is 15.2 Å². The lowest BCUT2D eigenvalue weighted by Crippen LogP contribution is -2.29. The molecule has 0 bridgehead atoms. The van der Waals surface area contributed by atoms with Crippen molar-refractivity contribution >= 4 is 17.6 Å². The molecule has 0 aliphatic carbocycles. The lowest BCUT2D eigenvalue weighted by molar-refractivity contribution is -0.123. The number of aromatic hydroxyl groups is 1. The average molecular weight is 299 g/mol. The summed E-state index contributed by atoms with van der Waals surface area (Å²) in [6.45, 7) is 3.44. The largest absolute Gasteiger partial charge is 0.508 e. The minimum absolute atomic E-state index is 0.0359. The molecule has 5 nitrogen and oxygen atoms in total. The first kappa shape index (κ1) is 15.6. The van der Waals surface area contributed by atoms with Gasteiger partial charge in [-0.05, 0) is 44.2 Å². The first-order valence-electron chi connectivity index (χ1n) is 6.83. The molecule has 2 N–H and O–H groups in total. The van der Waals surface area contributed by atoms with Gasteiger partial charge in [0.15, 0.2) is 6.10 Å². The number of carbonyl (C=O) groups is 2. The van der Waals surface area contributed by atoms with E-state index in [2.05, 4.69) is 5.32 Å². The number of aryl methyl sites for hydroxylation is 1. The number of anilines is 1. The van der Waals surface area contributed by atoms with Crippen LogP contribution in [0.5, 0.6) is 5.75 Å². The molecule has 5 heteroatoms. The van der Waals surface area contributed by atoms with E-state index in [1.54, 1.807) is 12.1 Å². The van der Waals surface area contributed by atoms with Crippen LogP contribution >= 0.6 is 0 Å². The molecule has 0 saturated heterocycles. The molecule has 2 rings (SSSR count). The zero-order valence-corrected chi connectivity index (χ0v) is 12.4. The highest BCUT2D eigenvalue weighted by atomic mass is 16.5. The number of phenols is 1. The number of rotatable bonds is 4. The molecule has 0 radical (unpaired) electrons. The van der Waals surface area contributed by atoms with Crippen molar-refractivity contribution in [1.82, 2.24) is 0 Å². The first-order chi connectivity index (χ1) is 10.5. The van der Waals surface area contributed by atoms with Gasteiger partial charge in [0.1, 0.15) is 5.75 Å². The predicted octanol–water partition coefficient (Wildman–Crippen LogP) is 2.88. The summed E-state index contributed by atoms with van der Waals surface area (Å²) in [6.07, 6.45) is -0.948. The summed E-state index contributed by atoms with van der Waals surface area (Å²) in [6, 6.07) is 13.1. The number of nitrogens with one attached hydrogen (secondary N) is 1. The summed E-state index contributed by atoms with van der Waals surface area (Å²) in [5, 5.41) is 12.0. The fraction of sp³-hybridized carbons (Fsp3) is 0.176. The zero-order chi connectivity index (χ0) is 16.1. The molecule has 114 valence electrons. The van der Waals surface area contributed by atoms with Crippen LogP contribution in [0.15, 0.2) is 48.5 Å². The Balaban J connectivity index is 1.96. The Bertz CT molecular complexity index is 679. The quantitative estimate of drug-likeness (QED) is 0.851. The van der Waals surface area contributed by atoms with Crippen molar-refractivity contribution in [1.29, 1.82) is 0 Å². The Labute approximate surface area is 128 Å². The van der Waals surface area contributed by atoms with Crippen LogP contribution in [0.1, 0.15) is 22.8 Å². The topological polar surface area (TPSA) is 75.6 Å². The van der Waals surface area contributed by atoms with E-state index in [1.807, 2.05) is 19.1 Å². The predicted molar refractivity (Wildman–Crippen MR) is 82.8 cm³/mol. The summed E-state index contributed by atoms with van der Waals surface area (Å²) in [4.78, 5) is 23.9. The van der Waals surface area contributed by atoms with Gasteiger partial charge in [0.2, 0.25) is 0 Å². The van der Waals surface area contributed by atoms with Crippen molar-refractivity contribution < 1.29 is 19.4 Å². The molecule has 0 aliphatic rings. The van der Waals surface area contributed by atoms with Crippen LogP contribution in [0.3, 0.4) is 0 Å². The van der Waals surface area contributed by atoms with Gasteiger partial charge in [0, 0.05) is 5.69 Å². The van der Waals surface area contributed by atoms with Gasteiger partial charge in [-0.15, -0.1) is 0 Å². The third kappa shape index (κ3) is 4.09. The van der Waals surface area contributed by atoms with Crippen molar-refractivity contribution in [2.24, 2.45) is 0 Å². The van der Waals surface area contributed by atoms with Crippen LogP contribution in [-0.2, 0) is 9.53 Å². The van der Waals surface area contributed by atoms with E-state index < -0.39 is 18.0 Å². The number of ether oxygens (including phenoxy) is 1. The third-order valence-corrected chi connectivity index (χ3v) is 3.05. The Kier molecular flexibility index (Phi) is 4.78. The second-order valence-electron chi connectivity index (χ2n) is 4.95. The highest BCUT2D eigenvalue weighted by Crippen LogP contribution is 2.14. The maximum absolute atomic E-state index is 12.0. The molecule has 2 aromatic rings. The van der Waals surface area contributed by atoms with Crippen molar-refractivity contribution in [3.63, 3.8) is 0 Å². The highest BCUT2D eigenvalue weighted by molar-refractivity contribution is 5.97. The molecule has 0 aromatic heterocycles. The van der Waals surface area contributed by atoms with Crippen molar-refractivity contribution in [3.8, 4) is 5.75 Å². The second-order valence-corrected chi connectivity index (χ2v) is 4.95. The van der Waals surface area contributed by atoms with Gasteiger partial charge in [-0.25, -0.2) is 4.79 Å². The van der Waals surface area contributed by atoms with E-state index in [1.165, 1.54) is 31.2 Å². The maximum Gasteiger partial charge on any atom is 0.339 e. The molecular weight excluding hydrogens is 282 g/mol. The molecular formula is C17H17NO4. The molecule has 1 unspecified atom stereocenters. The lowest BCUT2D eigenvalue weighted by Gasteiger charge is -2.13. The number of hydrogen-bond donors (Lipinski definition) is 2. The molecule has 0 heterocycles. The van der Waals surface area contributed by atoms with Crippen LogP contribution in [0.25, 0.3) is 0 Å². The Morgan fingerprint density at radius 3 is 2.45 bits per heavy atom. The monoisotopic (exact) mass is 299 g/mol. The number of carbonyl (C=O) groups excluding carboxylic acids is 2. The normalized spacial score (nSPS) is 11.5. The summed E-state index contributed by atoms with van der Waals surface area (Å²) in [7, 11) is 0. The maximum atomic E-state index is 12.0. The molecule has 0 fully saturated rings. The average Bonchev–Trinajstić information content (AvgIpc) is 2.49. The molecule has 2 aromatic carbocycles.